The molecule has 0 amide bonds. The number of hydrogen-bond acceptors (Lipinski definition) is 2. The van der Waals surface area contributed by atoms with E-state index in [1.807, 2.05) is 0 Å². The molecule has 0 saturated carbocycles. The SMILES string of the molecule is CCNC(c1c(C)cc(C)cc1OC)C(C)(C)C. The minimum Gasteiger partial charge on any atom is -0.496 e. The van der Waals surface area contributed by atoms with Crippen molar-refractivity contribution in [3.8, 4) is 5.75 Å². The Morgan fingerprint density at radius 1 is 1.22 bits per heavy atom. The highest BCUT2D eigenvalue weighted by Crippen LogP contribution is 2.39. The molecule has 0 heterocycles. The van der Waals surface area contributed by atoms with Crippen molar-refractivity contribution >= 4 is 0 Å². The number of nitrogens with one attached hydrogen (secondary N) is 1. The first kappa shape index (κ1) is 15.0. The lowest BCUT2D eigenvalue weighted by atomic mass is 9.80. The third kappa shape index (κ3) is 3.26. The number of ether oxygens (including phenoxy) is 1. The number of benzene rings is 1. The molecule has 0 spiro atoms. The van der Waals surface area contributed by atoms with Gasteiger partial charge < -0.3 is 10.1 Å². The van der Waals surface area contributed by atoms with Crippen LogP contribution in [-0.4, -0.2) is 13.7 Å². The Labute approximate surface area is 112 Å². The average molecular weight is 249 g/mol. The summed E-state index contributed by atoms with van der Waals surface area (Å²) in [6.45, 7) is 14.2. The molecule has 1 rings (SSSR count). The summed E-state index contributed by atoms with van der Waals surface area (Å²) >= 11 is 0. The molecular weight excluding hydrogens is 222 g/mol. The zero-order valence-corrected chi connectivity index (χ0v) is 12.8. The van der Waals surface area contributed by atoms with Crippen LogP contribution >= 0.6 is 0 Å². The van der Waals surface area contributed by atoms with E-state index in [4.69, 9.17) is 4.74 Å². The van der Waals surface area contributed by atoms with Gasteiger partial charge in [-0.1, -0.05) is 33.8 Å². The molecule has 0 radical (unpaired) electrons. The first-order chi connectivity index (χ1) is 8.31. The van der Waals surface area contributed by atoms with Crippen molar-refractivity contribution in [1.29, 1.82) is 0 Å². The lowest BCUT2D eigenvalue weighted by molar-refractivity contribution is 0.267. The Hall–Kier alpha value is -1.02. The summed E-state index contributed by atoms with van der Waals surface area (Å²) in [5, 5.41) is 3.59. The van der Waals surface area contributed by atoms with Crippen LogP contribution in [0.3, 0.4) is 0 Å². The van der Waals surface area contributed by atoms with E-state index in [1.165, 1.54) is 16.7 Å². The first-order valence-corrected chi connectivity index (χ1v) is 6.69. The van der Waals surface area contributed by atoms with Crippen molar-refractivity contribution < 1.29 is 4.74 Å². The quantitative estimate of drug-likeness (QED) is 0.870. The zero-order valence-electron chi connectivity index (χ0n) is 12.8. The minimum atomic E-state index is 0.156. The van der Waals surface area contributed by atoms with E-state index in [0.29, 0.717) is 6.04 Å². The molecule has 1 aromatic carbocycles. The van der Waals surface area contributed by atoms with Crippen LogP contribution < -0.4 is 10.1 Å². The molecule has 1 atom stereocenters. The fourth-order valence-corrected chi connectivity index (χ4v) is 2.52. The molecule has 0 bridgehead atoms. The number of hydrogen-bond donors (Lipinski definition) is 1. The van der Waals surface area contributed by atoms with Gasteiger partial charge in [0.2, 0.25) is 0 Å². The van der Waals surface area contributed by atoms with E-state index in [2.05, 4.69) is 59.0 Å². The van der Waals surface area contributed by atoms with E-state index in [1.54, 1.807) is 7.11 Å². The topological polar surface area (TPSA) is 21.3 Å². The molecule has 0 aromatic heterocycles. The van der Waals surface area contributed by atoms with Crippen LogP contribution in [0.2, 0.25) is 0 Å². The molecular formula is C16H27NO. The van der Waals surface area contributed by atoms with Gasteiger partial charge in [0, 0.05) is 11.6 Å². The molecule has 1 unspecified atom stereocenters. The van der Waals surface area contributed by atoms with E-state index < -0.39 is 0 Å². The second-order valence-corrected chi connectivity index (χ2v) is 6.05. The van der Waals surface area contributed by atoms with Crippen LogP contribution in [-0.2, 0) is 0 Å². The van der Waals surface area contributed by atoms with Gasteiger partial charge in [-0.2, -0.15) is 0 Å². The van der Waals surface area contributed by atoms with Crippen molar-refractivity contribution in [2.75, 3.05) is 13.7 Å². The lowest BCUT2D eigenvalue weighted by Gasteiger charge is -2.34. The maximum Gasteiger partial charge on any atom is 0.124 e. The van der Waals surface area contributed by atoms with Crippen LogP contribution in [0.1, 0.15) is 50.4 Å². The Morgan fingerprint density at radius 3 is 2.28 bits per heavy atom. The highest BCUT2D eigenvalue weighted by molar-refractivity contribution is 5.45. The van der Waals surface area contributed by atoms with Gasteiger partial charge in [-0.25, -0.2) is 0 Å². The molecule has 18 heavy (non-hydrogen) atoms. The fourth-order valence-electron chi connectivity index (χ4n) is 2.52. The van der Waals surface area contributed by atoms with E-state index in [0.717, 1.165) is 12.3 Å². The van der Waals surface area contributed by atoms with Gasteiger partial charge in [-0.15, -0.1) is 0 Å². The van der Waals surface area contributed by atoms with Gasteiger partial charge in [0.25, 0.3) is 0 Å². The van der Waals surface area contributed by atoms with Crippen molar-refractivity contribution in [1.82, 2.24) is 5.32 Å². The average Bonchev–Trinajstić information content (AvgIpc) is 2.24. The van der Waals surface area contributed by atoms with Crippen molar-refractivity contribution in [2.45, 2.75) is 47.6 Å². The largest absolute Gasteiger partial charge is 0.496 e. The van der Waals surface area contributed by atoms with Gasteiger partial charge in [0.05, 0.1) is 7.11 Å². The third-order valence-corrected chi connectivity index (χ3v) is 3.28. The number of rotatable bonds is 4. The predicted molar refractivity (Wildman–Crippen MR) is 78.3 cm³/mol. The van der Waals surface area contributed by atoms with Crippen LogP contribution in [0.4, 0.5) is 0 Å². The molecule has 102 valence electrons. The molecule has 2 nitrogen and oxygen atoms in total. The molecule has 1 N–H and O–H groups in total. The fraction of sp³-hybridized carbons (Fsp3) is 0.625. The van der Waals surface area contributed by atoms with E-state index in [9.17, 15) is 0 Å². The van der Waals surface area contributed by atoms with E-state index in [-0.39, 0.29) is 5.41 Å². The molecule has 0 aliphatic heterocycles. The smallest absolute Gasteiger partial charge is 0.124 e. The van der Waals surface area contributed by atoms with Crippen LogP contribution in [0.25, 0.3) is 0 Å². The maximum absolute atomic E-state index is 5.59. The minimum absolute atomic E-state index is 0.156. The summed E-state index contributed by atoms with van der Waals surface area (Å²) < 4.78 is 5.59. The maximum atomic E-state index is 5.59. The summed E-state index contributed by atoms with van der Waals surface area (Å²) in [5.41, 5.74) is 3.99. The zero-order chi connectivity index (χ0) is 13.9. The predicted octanol–water partition coefficient (Wildman–Crippen LogP) is 4.01. The second-order valence-electron chi connectivity index (χ2n) is 6.05. The summed E-state index contributed by atoms with van der Waals surface area (Å²) in [5.74, 6) is 0.994. The van der Waals surface area contributed by atoms with Crippen LogP contribution in [0.5, 0.6) is 5.75 Å². The number of methoxy groups -OCH3 is 1. The standard InChI is InChI=1S/C16H27NO/c1-8-17-15(16(4,5)6)14-12(3)9-11(2)10-13(14)18-7/h9-10,15,17H,8H2,1-7H3. The van der Waals surface area contributed by atoms with Gasteiger partial charge in [-0.05, 0) is 43.0 Å². The van der Waals surface area contributed by atoms with Gasteiger partial charge >= 0.3 is 0 Å². The third-order valence-electron chi connectivity index (χ3n) is 3.28. The van der Waals surface area contributed by atoms with Gasteiger partial charge in [0.1, 0.15) is 5.75 Å². The summed E-state index contributed by atoms with van der Waals surface area (Å²) in [6, 6.07) is 4.66. The van der Waals surface area contributed by atoms with Crippen molar-refractivity contribution in [3.05, 3.63) is 28.8 Å². The Kier molecular flexibility index (Phi) is 4.80. The van der Waals surface area contributed by atoms with E-state index >= 15 is 0 Å². The molecule has 1 aromatic rings. The summed E-state index contributed by atoms with van der Waals surface area (Å²) in [7, 11) is 1.75. The van der Waals surface area contributed by atoms with Crippen LogP contribution in [0.15, 0.2) is 12.1 Å². The molecule has 0 fully saturated rings. The normalized spacial score (nSPS) is 13.5. The van der Waals surface area contributed by atoms with Gasteiger partial charge in [0.15, 0.2) is 0 Å². The van der Waals surface area contributed by atoms with Crippen molar-refractivity contribution in [2.24, 2.45) is 5.41 Å². The first-order valence-electron chi connectivity index (χ1n) is 6.69. The highest BCUT2D eigenvalue weighted by atomic mass is 16.5. The number of aryl methyl sites for hydroxylation is 2. The lowest BCUT2D eigenvalue weighted by Crippen LogP contribution is -2.33. The van der Waals surface area contributed by atoms with Gasteiger partial charge in [-0.3, -0.25) is 0 Å². The monoisotopic (exact) mass is 249 g/mol. The second kappa shape index (κ2) is 5.75. The highest BCUT2D eigenvalue weighted by Gasteiger charge is 2.29. The molecule has 2 heteroatoms. The summed E-state index contributed by atoms with van der Waals surface area (Å²) in [4.78, 5) is 0. The molecule has 0 aliphatic carbocycles. The molecule has 0 aliphatic rings. The van der Waals surface area contributed by atoms with Crippen LogP contribution in [0, 0.1) is 19.3 Å². The Morgan fingerprint density at radius 2 is 1.83 bits per heavy atom. The van der Waals surface area contributed by atoms with Crippen molar-refractivity contribution in [3.63, 3.8) is 0 Å². The molecule has 0 saturated heterocycles. The Balaban J connectivity index is 3.35. The Bertz CT molecular complexity index is 404. The summed E-state index contributed by atoms with van der Waals surface area (Å²) in [6.07, 6.45) is 0.